The standard InChI is InChI=1S/C16H24N6O2.HI/c1-23-10-8-18-16(17-7-6-14-3-2-9-24-14)21-13-4-5-15-19-12-20-22(15)11-13;/h2-3,9,12-13H,4-8,10-11H2,1H3,(H2,17,18,21);1H. The minimum absolute atomic E-state index is 0. The first-order valence-electron chi connectivity index (χ1n) is 8.28. The van der Waals surface area contributed by atoms with Gasteiger partial charge in [0.25, 0.3) is 0 Å². The molecule has 9 heteroatoms. The predicted octanol–water partition coefficient (Wildman–Crippen LogP) is 1.23. The molecule has 1 aliphatic heterocycles. The zero-order valence-electron chi connectivity index (χ0n) is 14.4. The van der Waals surface area contributed by atoms with Crippen LogP contribution in [0.15, 0.2) is 34.1 Å². The van der Waals surface area contributed by atoms with E-state index in [0.717, 1.165) is 49.9 Å². The first kappa shape index (κ1) is 19.7. The third kappa shape index (κ3) is 5.99. The first-order chi connectivity index (χ1) is 11.8. The SMILES string of the molecule is COCCN=C(NCCc1ccco1)NC1CCc2ncnn2C1.I. The third-order valence-electron chi connectivity index (χ3n) is 3.96. The van der Waals surface area contributed by atoms with E-state index in [1.807, 2.05) is 16.8 Å². The number of hydrogen-bond donors (Lipinski definition) is 2. The molecule has 0 bridgehead atoms. The number of aliphatic imine (C=N–C) groups is 1. The Labute approximate surface area is 164 Å². The molecular formula is C16H25IN6O2. The fourth-order valence-electron chi connectivity index (χ4n) is 2.71. The lowest BCUT2D eigenvalue weighted by molar-refractivity contribution is 0.207. The largest absolute Gasteiger partial charge is 0.469 e. The lowest BCUT2D eigenvalue weighted by Gasteiger charge is -2.25. The average molecular weight is 460 g/mol. The molecule has 2 aromatic heterocycles. The Hall–Kier alpha value is -1.62. The molecule has 8 nitrogen and oxygen atoms in total. The summed E-state index contributed by atoms with van der Waals surface area (Å²) >= 11 is 0. The molecule has 0 fully saturated rings. The monoisotopic (exact) mass is 460 g/mol. The molecule has 0 saturated carbocycles. The van der Waals surface area contributed by atoms with Gasteiger partial charge in [0, 0.05) is 32.5 Å². The van der Waals surface area contributed by atoms with Crippen LogP contribution in [0.3, 0.4) is 0 Å². The number of nitrogens with zero attached hydrogens (tertiary/aromatic N) is 4. The van der Waals surface area contributed by atoms with Gasteiger partial charge in [-0.3, -0.25) is 4.99 Å². The summed E-state index contributed by atoms with van der Waals surface area (Å²) in [7, 11) is 1.68. The van der Waals surface area contributed by atoms with Gasteiger partial charge in [0.2, 0.25) is 0 Å². The topological polar surface area (TPSA) is 89.5 Å². The molecule has 0 spiro atoms. The molecule has 2 N–H and O–H groups in total. The van der Waals surface area contributed by atoms with Gasteiger partial charge in [-0.1, -0.05) is 0 Å². The zero-order valence-corrected chi connectivity index (χ0v) is 16.7. The van der Waals surface area contributed by atoms with E-state index in [9.17, 15) is 0 Å². The number of fused-ring (bicyclic) bond motifs is 1. The van der Waals surface area contributed by atoms with Crippen LogP contribution in [0.1, 0.15) is 18.0 Å². The number of hydrogen-bond acceptors (Lipinski definition) is 5. The molecule has 0 saturated heterocycles. The summed E-state index contributed by atoms with van der Waals surface area (Å²) in [6.45, 7) is 2.78. The van der Waals surface area contributed by atoms with E-state index in [4.69, 9.17) is 9.15 Å². The molecular weight excluding hydrogens is 435 g/mol. The molecule has 1 atom stereocenters. The summed E-state index contributed by atoms with van der Waals surface area (Å²) in [6, 6.07) is 4.17. The van der Waals surface area contributed by atoms with Gasteiger partial charge in [0.15, 0.2) is 5.96 Å². The predicted molar refractivity (Wildman–Crippen MR) is 105 cm³/mol. The van der Waals surface area contributed by atoms with Gasteiger partial charge in [0.1, 0.15) is 17.9 Å². The summed E-state index contributed by atoms with van der Waals surface area (Å²) in [5.74, 6) is 2.81. The molecule has 25 heavy (non-hydrogen) atoms. The van der Waals surface area contributed by atoms with Crippen molar-refractivity contribution in [1.29, 1.82) is 0 Å². The quantitative estimate of drug-likeness (QED) is 0.280. The van der Waals surface area contributed by atoms with E-state index < -0.39 is 0 Å². The van der Waals surface area contributed by atoms with Crippen molar-refractivity contribution >= 4 is 29.9 Å². The molecule has 1 aliphatic rings. The number of ether oxygens (including phenoxy) is 1. The minimum Gasteiger partial charge on any atom is -0.469 e. The summed E-state index contributed by atoms with van der Waals surface area (Å²) in [4.78, 5) is 8.82. The van der Waals surface area contributed by atoms with Crippen LogP contribution in [0.4, 0.5) is 0 Å². The first-order valence-corrected chi connectivity index (χ1v) is 8.28. The highest BCUT2D eigenvalue weighted by Crippen LogP contribution is 2.11. The highest BCUT2D eigenvalue weighted by Gasteiger charge is 2.20. The lowest BCUT2D eigenvalue weighted by atomic mass is 10.1. The van der Waals surface area contributed by atoms with Gasteiger partial charge < -0.3 is 19.8 Å². The van der Waals surface area contributed by atoms with Crippen molar-refractivity contribution < 1.29 is 9.15 Å². The van der Waals surface area contributed by atoms with Crippen molar-refractivity contribution in [3.05, 3.63) is 36.3 Å². The van der Waals surface area contributed by atoms with Gasteiger partial charge in [-0.2, -0.15) is 5.10 Å². The summed E-state index contributed by atoms with van der Waals surface area (Å²) in [5.41, 5.74) is 0. The molecule has 0 aliphatic carbocycles. The van der Waals surface area contributed by atoms with Gasteiger partial charge in [-0.05, 0) is 18.6 Å². The number of nitrogens with one attached hydrogen (secondary N) is 2. The van der Waals surface area contributed by atoms with Crippen LogP contribution in [0.25, 0.3) is 0 Å². The number of guanidine groups is 1. The van der Waals surface area contributed by atoms with Crippen LogP contribution in [0.2, 0.25) is 0 Å². The second-order valence-electron chi connectivity index (χ2n) is 5.72. The van der Waals surface area contributed by atoms with Gasteiger partial charge in [0.05, 0.1) is 26.0 Å². The van der Waals surface area contributed by atoms with Gasteiger partial charge in [-0.25, -0.2) is 9.67 Å². The van der Waals surface area contributed by atoms with Crippen LogP contribution in [0.5, 0.6) is 0 Å². The maximum atomic E-state index is 5.36. The van der Waals surface area contributed by atoms with Crippen LogP contribution in [-0.4, -0.2) is 53.6 Å². The van der Waals surface area contributed by atoms with Gasteiger partial charge in [-0.15, -0.1) is 24.0 Å². The van der Waals surface area contributed by atoms with Crippen LogP contribution in [-0.2, 0) is 24.1 Å². The second kappa shape index (κ2) is 10.4. The maximum Gasteiger partial charge on any atom is 0.191 e. The summed E-state index contributed by atoms with van der Waals surface area (Å²) in [5, 5.41) is 11.1. The Morgan fingerprint density at radius 1 is 1.52 bits per heavy atom. The van der Waals surface area contributed by atoms with Crippen molar-refractivity contribution in [3.8, 4) is 0 Å². The van der Waals surface area contributed by atoms with E-state index in [1.165, 1.54) is 0 Å². The molecule has 3 rings (SSSR count). The highest BCUT2D eigenvalue weighted by atomic mass is 127. The number of aromatic nitrogens is 3. The molecule has 2 aromatic rings. The minimum atomic E-state index is 0. The average Bonchev–Trinajstić information content (AvgIpc) is 3.25. The fraction of sp³-hybridized carbons (Fsp3) is 0.562. The maximum absolute atomic E-state index is 5.36. The second-order valence-corrected chi connectivity index (χ2v) is 5.72. The van der Waals surface area contributed by atoms with Crippen molar-refractivity contribution in [2.24, 2.45) is 4.99 Å². The smallest absolute Gasteiger partial charge is 0.191 e. The number of methoxy groups -OCH3 is 1. The van der Waals surface area contributed by atoms with Gasteiger partial charge >= 0.3 is 0 Å². The summed E-state index contributed by atoms with van der Waals surface area (Å²) < 4.78 is 12.4. The Morgan fingerprint density at radius 2 is 2.44 bits per heavy atom. The van der Waals surface area contributed by atoms with Crippen molar-refractivity contribution in [1.82, 2.24) is 25.4 Å². The van der Waals surface area contributed by atoms with E-state index in [-0.39, 0.29) is 30.0 Å². The fourth-order valence-corrected chi connectivity index (χ4v) is 2.71. The molecule has 0 amide bonds. The van der Waals surface area contributed by atoms with Crippen LogP contribution < -0.4 is 10.6 Å². The van der Waals surface area contributed by atoms with Crippen LogP contribution in [0, 0.1) is 0 Å². The van der Waals surface area contributed by atoms with Crippen molar-refractivity contribution in [2.75, 3.05) is 26.8 Å². The number of aryl methyl sites for hydroxylation is 1. The van der Waals surface area contributed by atoms with Crippen molar-refractivity contribution in [2.45, 2.75) is 31.8 Å². The van der Waals surface area contributed by atoms with E-state index in [2.05, 4.69) is 25.7 Å². The lowest BCUT2D eigenvalue weighted by Crippen LogP contribution is -2.47. The Bertz CT molecular complexity index is 643. The van der Waals surface area contributed by atoms with E-state index in [0.29, 0.717) is 13.2 Å². The highest BCUT2D eigenvalue weighted by molar-refractivity contribution is 14.0. The molecule has 1 unspecified atom stereocenters. The van der Waals surface area contributed by atoms with E-state index >= 15 is 0 Å². The normalized spacial score (nSPS) is 16.8. The third-order valence-corrected chi connectivity index (χ3v) is 3.96. The number of furan rings is 1. The number of halogens is 1. The van der Waals surface area contributed by atoms with Crippen LogP contribution >= 0.6 is 24.0 Å². The molecule has 138 valence electrons. The Kier molecular flexibility index (Phi) is 8.19. The Balaban J connectivity index is 0.00000225. The molecule has 3 heterocycles. The summed E-state index contributed by atoms with van der Waals surface area (Å²) in [6.07, 6.45) is 6.07. The molecule has 0 aromatic carbocycles. The molecule has 0 radical (unpaired) electrons. The zero-order chi connectivity index (χ0) is 16.6. The van der Waals surface area contributed by atoms with Crippen molar-refractivity contribution in [3.63, 3.8) is 0 Å². The van der Waals surface area contributed by atoms with E-state index in [1.54, 1.807) is 19.7 Å². The number of rotatable bonds is 7. The Morgan fingerprint density at radius 3 is 3.24 bits per heavy atom.